The Morgan fingerprint density at radius 3 is 2.47 bits per heavy atom. The molecule has 8 heteroatoms. The van der Waals surface area contributed by atoms with Crippen molar-refractivity contribution in [3.05, 3.63) is 24.3 Å². The fourth-order valence-corrected chi connectivity index (χ4v) is 1.15. The van der Waals surface area contributed by atoms with E-state index >= 15 is 0 Å². The van der Waals surface area contributed by atoms with Crippen molar-refractivity contribution in [3.8, 4) is 5.75 Å². The number of hydrogen-bond donors (Lipinski definition) is 3. The van der Waals surface area contributed by atoms with Crippen LogP contribution in [0.1, 0.15) is 0 Å². The summed E-state index contributed by atoms with van der Waals surface area (Å²) in [5.41, 5.74) is 5.94. The number of aliphatic hydroxyl groups is 1. The third-order valence-corrected chi connectivity index (χ3v) is 2.17. The zero-order valence-corrected chi connectivity index (χ0v) is 10.1. The Hall–Kier alpha value is -1.96. The largest absolute Gasteiger partial charge is 0.497 e. The number of benzene rings is 1. The summed E-state index contributed by atoms with van der Waals surface area (Å²) < 4.78 is 41.0. The lowest BCUT2D eigenvalue weighted by Gasteiger charge is -2.12. The fraction of sp³-hybridized carbons (Fsp3) is 0.364. The summed E-state index contributed by atoms with van der Waals surface area (Å²) in [7, 11) is 1.51. The molecule has 1 aromatic rings. The Balaban J connectivity index is 2.56. The predicted octanol–water partition coefficient (Wildman–Crippen LogP) is 1.34. The number of methoxy groups -OCH3 is 1. The molecule has 0 spiro atoms. The quantitative estimate of drug-likeness (QED) is 0.573. The smallest absolute Gasteiger partial charge is 0.416 e. The summed E-state index contributed by atoms with van der Waals surface area (Å²) in [5.74, 6) is 0.419. The second kappa shape index (κ2) is 6.28. The van der Waals surface area contributed by atoms with Gasteiger partial charge in [-0.15, -0.1) is 0 Å². The molecule has 0 amide bonds. The van der Waals surface area contributed by atoms with Gasteiger partial charge in [-0.1, -0.05) is 0 Å². The Kier molecular flexibility index (Phi) is 4.99. The average Bonchev–Trinajstić information content (AvgIpc) is 2.35. The number of rotatable bonds is 4. The molecule has 0 saturated heterocycles. The van der Waals surface area contributed by atoms with Crippen LogP contribution in [0.3, 0.4) is 0 Å². The van der Waals surface area contributed by atoms with Crippen molar-refractivity contribution in [1.29, 1.82) is 0 Å². The van der Waals surface area contributed by atoms with Crippen LogP contribution in [0.2, 0.25) is 0 Å². The van der Waals surface area contributed by atoms with E-state index in [1.165, 1.54) is 7.11 Å². The molecule has 19 heavy (non-hydrogen) atoms. The van der Waals surface area contributed by atoms with Crippen LogP contribution in [-0.2, 0) is 0 Å². The Bertz CT molecular complexity index is 432. The number of alkyl halides is 3. The predicted molar refractivity (Wildman–Crippen MR) is 65.2 cm³/mol. The van der Waals surface area contributed by atoms with Gasteiger partial charge in [-0.25, -0.2) is 0 Å². The number of guanidine groups is 1. The van der Waals surface area contributed by atoms with E-state index in [4.69, 9.17) is 15.6 Å². The Morgan fingerprint density at radius 2 is 2.00 bits per heavy atom. The standard InChI is InChI=1S/C11H14F3N3O2/c1-19-8-4-2-7(3-5-8)17-10(15)16-6-9(18)11(12,13)14/h2-5,9,18H,6H2,1H3,(H3,15,16,17). The van der Waals surface area contributed by atoms with Gasteiger partial charge in [-0.3, -0.25) is 4.99 Å². The second-order valence-corrected chi connectivity index (χ2v) is 3.64. The highest BCUT2D eigenvalue weighted by molar-refractivity contribution is 5.92. The highest BCUT2D eigenvalue weighted by Crippen LogP contribution is 2.20. The molecule has 0 aliphatic carbocycles. The Labute approximate surface area is 107 Å². The summed E-state index contributed by atoms with van der Waals surface area (Å²) in [6, 6.07) is 6.56. The monoisotopic (exact) mass is 277 g/mol. The van der Waals surface area contributed by atoms with E-state index in [1.54, 1.807) is 24.3 Å². The molecular weight excluding hydrogens is 263 g/mol. The first-order valence-electron chi connectivity index (χ1n) is 5.28. The molecule has 1 rings (SSSR count). The minimum absolute atomic E-state index is 0.214. The molecule has 0 aromatic heterocycles. The highest BCUT2D eigenvalue weighted by atomic mass is 19.4. The molecule has 1 atom stereocenters. The summed E-state index contributed by atoms with van der Waals surface area (Å²) in [6.45, 7) is -0.849. The number of aliphatic hydroxyl groups excluding tert-OH is 1. The van der Waals surface area contributed by atoms with E-state index in [0.717, 1.165) is 0 Å². The SMILES string of the molecule is COc1ccc(NC(N)=NCC(O)C(F)(F)F)cc1. The third-order valence-electron chi connectivity index (χ3n) is 2.17. The number of halogens is 3. The molecule has 0 bridgehead atoms. The van der Waals surface area contributed by atoms with Crippen LogP contribution in [0.25, 0.3) is 0 Å². The van der Waals surface area contributed by atoms with Gasteiger partial charge in [-0.05, 0) is 24.3 Å². The van der Waals surface area contributed by atoms with Crippen molar-refractivity contribution >= 4 is 11.6 Å². The summed E-state index contributed by atoms with van der Waals surface area (Å²) in [5, 5.41) is 11.3. The second-order valence-electron chi connectivity index (χ2n) is 3.64. The molecule has 0 heterocycles. The maximum atomic E-state index is 12.0. The number of nitrogens with one attached hydrogen (secondary N) is 1. The zero-order valence-electron chi connectivity index (χ0n) is 10.1. The molecule has 1 unspecified atom stereocenters. The lowest BCUT2D eigenvalue weighted by Crippen LogP contribution is -2.33. The number of ether oxygens (including phenoxy) is 1. The maximum absolute atomic E-state index is 12.0. The molecule has 4 N–H and O–H groups in total. The number of hydrogen-bond acceptors (Lipinski definition) is 3. The molecule has 1 aromatic carbocycles. The molecule has 0 aliphatic rings. The number of aliphatic imine (C=N–C) groups is 1. The fourth-order valence-electron chi connectivity index (χ4n) is 1.15. The maximum Gasteiger partial charge on any atom is 0.416 e. The molecule has 106 valence electrons. The first-order valence-corrected chi connectivity index (χ1v) is 5.28. The van der Waals surface area contributed by atoms with Crippen LogP contribution in [0, 0.1) is 0 Å². The lowest BCUT2D eigenvalue weighted by atomic mass is 10.3. The van der Waals surface area contributed by atoms with Crippen LogP contribution < -0.4 is 15.8 Å². The van der Waals surface area contributed by atoms with Gasteiger partial charge in [0, 0.05) is 5.69 Å². The van der Waals surface area contributed by atoms with Gasteiger partial charge >= 0.3 is 6.18 Å². The van der Waals surface area contributed by atoms with Crippen LogP contribution in [-0.4, -0.2) is 37.0 Å². The molecule has 0 saturated carbocycles. The van der Waals surface area contributed by atoms with Crippen molar-refractivity contribution in [1.82, 2.24) is 0 Å². The Morgan fingerprint density at radius 1 is 1.42 bits per heavy atom. The van der Waals surface area contributed by atoms with Gasteiger partial charge in [0.05, 0.1) is 13.7 Å². The molecule has 0 aliphatic heterocycles. The van der Waals surface area contributed by atoms with Gasteiger partial charge < -0.3 is 20.9 Å². The van der Waals surface area contributed by atoms with Gasteiger partial charge in [0.25, 0.3) is 0 Å². The van der Waals surface area contributed by atoms with Gasteiger partial charge in [0.1, 0.15) is 5.75 Å². The van der Waals surface area contributed by atoms with E-state index in [9.17, 15) is 13.2 Å². The highest BCUT2D eigenvalue weighted by Gasteiger charge is 2.37. The molecular formula is C11H14F3N3O2. The van der Waals surface area contributed by atoms with Crippen molar-refractivity contribution in [2.24, 2.45) is 10.7 Å². The van der Waals surface area contributed by atoms with Crippen molar-refractivity contribution < 1.29 is 23.0 Å². The van der Waals surface area contributed by atoms with E-state index < -0.39 is 18.8 Å². The molecule has 5 nitrogen and oxygen atoms in total. The third kappa shape index (κ3) is 5.04. The zero-order chi connectivity index (χ0) is 14.5. The van der Waals surface area contributed by atoms with Crippen molar-refractivity contribution in [2.75, 3.05) is 19.0 Å². The van der Waals surface area contributed by atoms with Gasteiger partial charge in [0.15, 0.2) is 12.1 Å². The number of anilines is 1. The van der Waals surface area contributed by atoms with E-state index in [2.05, 4.69) is 10.3 Å². The summed E-state index contributed by atoms with van der Waals surface area (Å²) >= 11 is 0. The number of nitrogens with zero attached hydrogens (tertiary/aromatic N) is 1. The van der Waals surface area contributed by atoms with Crippen molar-refractivity contribution in [2.45, 2.75) is 12.3 Å². The first kappa shape index (κ1) is 15.1. The van der Waals surface area contributed by atoms with E-state index in [-0.39, 0.29) is 5.96 Å². The normalized spacial score (nSPS) is 14.1. The number of nitrogens with two attached hydrogens (primary N) is 1. The topological polar surface area (TPSA) is 79.9 Å². The molecule has 0 radical (unpaired) electrons. The van der Waals surface area contributed by atoms with Crippen LogP contribution in [0.4, 0.5) is 18.9 Å². The van der Waals surface area contributed by atoms with Crippen LogP contribution in [0.15, 0.2) is 29.3 Å². The first-order chi connectivity index (χ1) is 8.82. The minimum Gasteiger partial charge on any atom is -0.497 e. The minimum atomic E-state index is -4.70. The van der Waals surface area contributed by atoms with E-state index in [1.807, 2.05) is 0 Å². The van der Waals surface area contributed by atoms with Crippen LogP contribution in [0.5, 0.6) is 5.75 Å². The lowest BCUT2D eigenvalue weighted by molar-refractivity contribution is -0.199. The average molecular weight is 277 g/mol. The molecule has 0 fully saturated rings. The van der Waals surface area contributed by atoms with Crippen LogP contribution >= 0.6 is 0 Å². The van der Waals surface area contributed by atoms with E-state index in [0.29, 0.717) is 11.4 Å². The summed E-state index contributed by atoms with van der Waals surface area (Å²) in [6.07, 6.45) is -7.23. The van der Waals surface area contributed by atoms with Gasteiger partial charge in [0.2, 0.25) is 0 Å². The van der Waals surface area contributed by atoms with Crippen molar-refractivity contribution in [3.63, 3.8) is 0 Å². The van der Waals surface area contributed by atoms with Gasteiger partial charge in [-0.2, -0.15) is 13.2 Å². The summed E-state index contributed by atoms with van der Waals surface area (Å²) in [4.78, 5) is 3.41.